The van der Waals surface area contributed by atoms with Crippen molar-refractivity contribution < 1.29 is 29.2 Å². The van der Waals surface area contributed by atoms with Crippen LogP contribution in [0.5, 0.6) is 0 Å². The lowest BCUT2D eigenvalue weighted by Crippen LogP contribution is -2.43. The third-order valence-corrected chi connectivity index (χ3v) is 4.70. The van der Waals surface area contributed by atoms with Crippen molar-refractivity contribution in [3.05, 3.63) is 30.6 Å². The van der Waals surface area contributed by atoms with Crippen molar-refractivity contribution in [2.75, 3.05) is 0 Å². The second-order valence-electron chi connectivity index (χ2n) is 2.95. The average molecular weight is 272 g/mol. The van der Waals surface area contributed by atoms with Crippen molar-refractivity contribution in [3.8, 4) is 0 Å². The minimum Gasteiger partial charge on any atom is -0.202 e. The minimum absolute atomic E-state index is 0.835. The minimum atomic E-state index is -5.50. The molecule has 0 fully saturated rings. The number of halogens is 2. The van der Waals surface area contributed by atoms with E-state index in [1.54, 1.807) is 6.07 Å². The van der Waals surface area contributed by atoms with Gasteiger partial charge in [-0.05, 0) is 0 Å². The zero-order valence-electron chi connectivity index (χ0n) is 7.82. The van der Waals surface area contributed by atoms with Crippen molar-refractivity contribution in [2.24, 2.45) is 0 Å². The molecule has 0 radical (unpaired) electrons. The summed E-state index contributed by atoms with van der Waals surface area (Å²) in [5, 5.41) is 0. The lowest BCUT2D eigenvalue weighted by Gasteiger charge is -2.04. The second kappa shape index (κ2) is 4.42. The largest absolute Gasteiger partial charge is 0.329 e. The lowest BCUT2D eigenvalue weighted by atomic mass is 10.5. The molecule has 0 saturated heterocycles. The van der Waals surface area contributed by atoms with E-state index in [4.69, 9.17) is 0 Å². The Hall–Kier alpha value is -1.09. The summed E-state index contributed by atoms with van der Waals surface area (Å²) in [6, 6.07) is 4.51. The molecule has 0 aliphatic heterocycles. The molecule has 16 heavy (non-hydrogen) atoms. The van der Waals surface area contributed by atoms with Crippen LogP contribution in [-0.4, -0.2) is 21.4 Å². The van der Waals surface area contributed by atoms with E-state index in [2.05, 4.69) is 0 Å². The standard InChI is InChI=1S/C7H8F2NO4S2/c8-15(11,12)7(16(9,13)14)6-10-4-2-1-3-5-10/h1-5,7H,6H2/q+1. The van der Waals surface area contributed by atoms with E-state index in [0.29, 0.717) is 0 Å². The van der Waals surface area contributed by atoms with Crippen LogP contribution in [0.4, 0.5) is 7.77 Å². The fourth-order valence-corrected chi connectivity index (χ4v) is 2.84. The zero-order chi connectivity index (χ0) is 12.4. The first-order valence-electron chi connectivity index (χ1n) is 4.02. The fraction of sp³-hybridized carbons (Fsp3) is 0.286. The summed E-state index contributed by atoms with van der Waals surface area (Å²) in [5.41, 5.74) is 0. The van der Waals surface area contributed by atoms with Gasteiger partial charge in [-0.3, -0.25) is 0 Å². The van der Waals surface area contributed by atoms with Crippen LogP contribution in [0.25, 0.3) is 0 Å². The Balaban J connectivity index is 3.08. The van der Waals surface area contributed by atoms with E-state index >= 15 is 0 Å². The van der Waals surface area contributed by atoms with Crippen LogP contribution in [-0.2, 0) is 27.0 Å². The van der Waals surface area contributed by atoms with E-state index in [1.807, 2.05) is 0 Å². The third kappa shape index (κ3) is 3.49. The second-order valence-corrected chi connectivity index (χ2v) is 6.29. The van der Waals surface area contributed by atoms with Crippen LogP contribution >= 0.6 is 0 Å². The molecule has 1 rings (SSSR count). The van der Waals surface area contributed by atoms with Gasteiger partial charge in [0, 0.05) is 12.1 Å². The third-order valence-electron chi connectivity index (χ3n) is 1.77. The maximum Gasteiger partial charge on any atom is 0.329 e. The lowest BCUT2D eigenvalue weighted by molar-refractivity contribution is -0.694. The molecule has 0 aromatic carbocycles. The Labute approximate surface area is 91.8 Å². The van der Waals surface area contributed by atoms with Gasteiger partial charge in [0.05, 0.1) is 0 Å². The van der Waals surface area contributed by atoms with E-state index < -0.39 is 31.6 Å². The van der Waals surface area contributed by atoms with Crippen molar-refractivity contribution in [1.82, 2.24) is 0 Å². The first kappa shape index (κ1) is 13.0. The van der Waals surface area contributed by atoms with Crippen LogP contribution in [0.3, 0.4) is 0 Å². The van der Waals surface area contributed by atoms with Gasteiger partial charge in [-0.1, -0.05) is 6.07 Å². The quantitative estimate of drug-likeness (QED) is 0.567. The van der Waals surface area contributed by atoms with Gasteiger partial charge in [0.2, 0.25) is 0 Å². The number of pyridine rings is 1. The Kier molecular flexibility index (Phi) is 3.58. The molecule has 0 atom stereocenters. The van der Waals surface area contributed by atoms with Crippen molar-refractivity contribution in [3.63, 3.8) is 0 Å². The molecule has 0 aliphatic carbocycles. The highest BCUT2D eigenvalue weighted by molar-refractivity contribution is 8.04. The molecule has 5 nitrogen and oxygen atoms in total. The van der Waals surface area contributed by atoms with Gasteiger partial charge in [-0.25, -0.2) is 4.57 Å². The van der Waals surface area contributed by atoms with Crippen LogP contribution in [0, 0.1) is 0 Å². The highest BCUT2D eigenvalue weighted by Crippen LogP contribution is 2.13. The molecule has 1 aromatic heterocycles. The first-order valence-corrected chi connectivity index (χ1v) is 6.91. The normalized spacial score (nSPS) is 12.9. The molecule has 0 spiro atoms. The van der Waals surface area contributed by atoms with Gasteiger partial charge in [0.25, 0.3) is 4.58 Å². The van der Waals surface area contributed by atoms with E-state index in [-0.39, 0.29) is 0 Å². The number of hydrogen-bond donors (Lipinski definition) is 0. The summed E-state index contributed by atoms with van der Waals surface area (Å²) in [5.74, 6) is 0. The van der Waals surface area contributed by atoms with Crippen LogP contribution in [0.2, 0.25) is 0 Å². The topological polar surface area (TPSA) is 72.2 Å². The summed E-state index contributed by atoms with van der Waals surface area (Å²) in [7, 11) is -11.0. The fourth-order valence-electron chi connectivity index (χ4n) is 1.04. The highest BCUT2D eigenvalue weighted by Gasteiger charge is 2.41. The monoisotopic (exact) mass is 272 g/mol. The van der Waals surface area contributed by atoms with Gasteiger partial charge in [-0.15, -0.1) is 7.77 Å². The Morgan fingerprint density at radius 2 is 1.38 bits per heavy atom. The smallest absolute Gasteiger partial charge is 0.202 e. The molecule has 1 heterocycles. The Bertz CT molecular complexity index is 523. The zero-order valence-corrected chi connectivity index (χ0v) is 9.46. The van der Waals surface area contributed by atoms with Crippen molar-refractivity contribution in [2.45, 2.75) is 11.1 Å². The molecule has 90 valence electrons. The number of hydrogen-bond acceptors (Lipinski definition) is 4. The van der Waals surface area contributed by atoms with E-state index in [0.717, 1.165) is 4.57 Å². The molecule has 0 unspecified atom stereocenters. The van der Waals surface area contributed by atoms with Gasteiger partial charge in [0.1, 0.15) is 0 Å². The predicted molar refractivity (Wildman–Crippen MR) is 50.5 cm³/mol. The molecule has 0 saturated carbocycles. The first-order chi connectivity index (χ1) is 7.21. The SMILES string of the molecule is O=S(=O)(F)C(C[n+]1ccccc1)S(=O)(=O)F. The van der Waals surface area contributed by atoms with E-state index in [1.165, 1.54) is 24.5 Å². The number of aromatic nitrogens is 1. The highest BCUT2D eigenvalue weighted by atomic mass is 32.3. The molecule has 0 amide bonds. The maximum absolute atomic E-state index is 12.6. The molecular formula is C7H8F2NO4S2+. The van der Waals surface area contributed by atoms with Crippen molar-refractivity contribution >= 4 is 20.4 Å². The summed E-state index contributed by atoms with van der Waals surface area (Å²) >= 11 is 0. The van der Waals surface area contributed by atoms with Crippen LogP contribution < -0.4 is 4.57 Å². The molecule has 0 bridgehead atoms. The summed E-state index contributed by atoms with van der Waals surface area (Å²) < 4.78 is 65.4. The van der Waals surface area contributed by atoms with Gasteiger partial charge >= 0.3 is 20.4 Å². The van der Waals surface area contributed by atoms with Crippen molar-refractivity contribution in [1.29, 1.82) is 0 Å². The molecule has 0 aliphatic rings. The predicted octanol–water partition coefficient (Wildman–Crippen LogP) is -0.101. The summed E-state index contributed by atoms with van der Waals surface area (Å²) in [6.07, 6.45) is 2.59. The Morgan fingerprint density at radius 3 is 1.75 bits per heavy atom. The van der Waals surface area contributed by atoms with Crippen LogP contribution in [0.1, 0.15) is 0 Å². The van der Waals surface area contributed by atoms with Gasteiger partial charge in [-0.2, -0.15) is 16.8 Å². The van der Waals surface area contributed by atoms with Gasteiger partial charge < -0.3 is 0 Å². The number of rotatable bonds is 4. The molecular weight excluding hydrogens is 264 g/mol. The average Bonchev–Trinajstić information content (AvgIpc) is 2.12. The van der Waals surface area contributed by atoms with Crippen LogP contribution in [0.15, 0.2) is 30.6 Å². The number of nitrogens with zero attached hydrogens (tertiary/aromatic N) is 1. The molecule has 9 heteroatoms. The summed E-state index contributed by atoms with van der Waals surface area (Å²) in [4.78, 5) is 0. The van der Waals surface area contributed by atoms with E-state index in [9.17, 15) is 24.6 Å². The molecule has 1 aromatic rings. The summed E-state index contributed by atoms with van der Waals surface area (Å²) in [6.45, 7) is -0.835. The Morgan fingerprint density at radius 1 is 0.938 bits per heavy atom. The van der Waals surface area contributed by atoms with Gasteiger partial charge in [0.15, 0.2) is 18.9 Å². The molecule has 0 N–H and O–H groups in total. The maximum atomic E-state index is 12.6.